The second-order valence-electron chi connectivity index (χ2n) is 5.79. The van der Waals surface area contributed by atoms with E-state index >= 15 is 0 Å². The Morgan fingerprint density at radius 1 is 1.28 bits per heavy atom. The number of fused-ring (bicyclic) bond motifs is 1. The van der Waals surface area contributed by atoms with Crippen LogP contribution in [0.2, 0.25) is 0 Å². The number of hydrogen-bond donors (Lipinski definition) is 0. The topological polar surface area (TPSA) is 43.6 Å². The van der Waals surface area contributed by atoms with Crippen molar-refractivity contribution in [1.29, 1.82) is 0 Å². The molecule has 0 bridgehead atoms. The van der Waals surface area contributed by atoms with E-state index in [1.807, 2.05) is 37.3 Å². The Balaban J connectivity index is 1.99. The first-order chi connectivity index (χ1) is 12.1. The van der Waals surface area contributed by atoms with Crippen LogP contribution in [-0.2, 0) is 22.5 Å². The van der Waals surface area contributed by atoms with E-state index in [0.29, 0.717) is 23.5 Å². The van der Waals surface area contributed by atoms with Crippen molar-refractivity contribution in [3.05, 3.63) is 64.2 Å². The Morgan fingerprint density at radius 2 is 2.08 bits per heavy atom. The smallest absolute Gasteiger partial charge is 0.252 e. The number of thiazole rings is 1. The van der Waals surface area contributed by atoms with Gasteiger partial charge < -0.3 is 9.30 Å². The monoisotopic (exact) mass is 358 g/mol. The maximum absolute atomic E-state index is 14.2. The molecule has 0 aliphatic heterocycles. The summed E-state index contributed by atoms with van der Waals surface area (Å²) in [6.07, 6.45) is 0.225. The predicted molar refractivity (Wildman–Crippen MR) is 97.1 cm³/mol. The van der Waals surface area contributed by atoms with Crippen molar-refractivity contribution in [2.24, 2.45) is 4.99 Å². The molecule has 3 aromatic rings. The highest BCUT2D eigenvalue weighted by Crippen LogP contribution is 2.20. The number of benzene rings is 2. The van der Waals surface area contributed by atoms with Gasteiger partial charge in [0.05, 0.1) is 23.2 Å². The van der Waals surface area contributed by atoms with Gasteiger partial charge in [0, 0.05) is 13.7 Å². The summed E-state index contributed by atoms with van der Waals surface area (Å²) < 4.78 is 21.8. The predicted octanol–water partition coefficient (Wildman–Crippen LogP) is 3.47. The fourth-order valence-corrected chi connectivity index (χ4v) is 3.79. The van der Waals surface area contributed by atoms with Gasteiger partial charge in [0.15, 0.2) is 4.80 Å². The fourth-order valence-electron chi connectivity index (χ4n) is 2.71. The molecule has 0 fully saturated rings. The first kappa shape index (κ1) is 17.5. The van der Waals surface area contributed by atoms with E-state index < -0.39 is 0 Å². The molecule has 4 nitrogen and oxygen atoms in total. The largest absolute Gasteiger partial charge is 0.383 e. The number of rotatable bonds is 5. The second-order valence-corrected chi connectivity index (χ2v) is 6.80. The Bertz CT molecular complexity index is 975. The lowest BCUT2D eigenvalue weighted by Gasteiger charge is -2.05. The minimum absolute atomic E-state index is 0.225. The summed E-state index contributed by atoms with van der Waals surface area (Å²) in [5.74, 6) is -0.568. The number of aryl methyl sites for hydroxylation is 1. The van der Waals surface area contributed by atoms with E-state index in [9.17, 15) is 9.18 Å². The van der Waals surface area contributed by atoms with Crippen LogP contribution in [-0.4, -0.2) is 24.2 Å². The van der Waals surface area contributed by atoms with Gasteiger partial charge in [-0.05, 0) is 24.6 Å². The minimum Gasteiger partial charge on any atom is -0.383 e. The molecular weight excluding hydrogens is 339 g/mol. The number of amides is 1. The SMILES string of the molecule is COCCn1c(=NC(=O)Cc2cccc(C)c2)sc2cccc(F)c21. The molecule has 25 heavy (non-hydrogen) atoms. The summed E-state index contributed by atoms with van der Waals surface area (Å²) >= 11 is 1.31. The normalized spacial score (nSPS) is 12.0. The van der Waals surface area contributed by atoms with Crippen molar-refractivity contribution in [3.8, 4) is 0 Å². The lowest BCUT2D eigenvalue weighted by atomic mass is 10.1. The maximum atomic E-state index is 14.2. The van der Waals surface area contributed by atoms with Crippen molar-refractivity contribution in [1.82, 2.24) is 4.57 Å². The molecule has 0 aliphatic carbocycles. The van der Waals surface area contributed by atoms with Gasteiger partial charge in [-0.15, -0.1) is 0 Å². The number of methoxy groups -OCH3 is 1. The van der Waals surface area contributed by atoms with Gasteiger partial charge >= 0.3 is 0 Å². The van der Waals surface area contributed by atoms with E-state index in [1.165, 1.54) is 17.4 Å². The van der Waals surface area contributed by atoms with Crippen LogP contribution < -0.4 is 4.80 Å². The molecule has 0 unspecified atom stereocenters. The molecule has 0 spiro atoms. The Hall–Kier alpha value is -2.31. The average molecular weight is 358 g/mol. The average Bonchev–Trinajstić information content (AvgIpc) is 2.91. The molecule has 3 rings (SSSR count). The third kappa shape index (κ3) is 4.03. The molecule has 0 saturated carbocycles. The van der Waals surface area contributed by atoms with Crippen LogP contribution in [0, 0.1) is 12.7 Å². The number of halogens is 1. The molecule has 0 saturated heterocycles. The van der Waals surface area contributed by atoms with Crippen LogP contribution in [0.25, 0.3) is 10.2 Å². The molecule has 1 aromatic heterocycles. The summed E-state index contributed by atoms with van der Waals surface area (Å²) in [5, 5.41) is 0. The molecule has 0 radical (unpaired) electrons. The van der Waals surface area contributed by atoms with Crippen LogP contribution in [0.15, 0.2) is 47.5 Å². The third-order valence-corrected chi connectivity index (χ3v) is 4.87. The molecule has 1 heterocycles. The first-order valence-corrected chi connectivity index (χ1v) is 8.80. The van der Waals surface area contributed by atoms with Gasteiger partial charge in [-0.1, -0.05) is 47.2 Å². The summed E-state index contributed by atoms with van der Waals surface area (Å²) in [7, 11) is 1.59. The van der Waals surface area contributed by atoms with Crippen LogP contribution in [0.4, 0.5) is 4.39 Å². The molecule has 130 valence electrons. The fraction of sp³-hybridized carbons (Fsp3) is 0.263. The molecule has 6 heteroatoms. The highest BCUT2D eigenvalue weighted by Gasteiger charge is 2.12. The number of carbonyl (C=O) groups excluding carboxylic acids is 1. The number of aromatic nitrogens is 1. The van der Waals surface area contributed by atoms with E-state index in [-0.39, 0.29) is 18.1 Å². The summed E-state index contributed by atoms with van der Waals surface area (Å²) in [5.41, 5.74) is 2.49. The van der Waals surface area contributed by atoms with E-state index in [2.05, 4.69) is 4.99 Å². The van der Waals surface area contributed by atoms with Crippen molar-refractivity contribution in [2.75, 3.05) is 13.7 Å². The standard InChI is InChI=1S/C19H19FN2O2S/c1-13-5-3-6-14(11-13)12-17(23)21-19-22(9-10-24-2)18-15(20)7-4-8-16(18)25-19/h3-8,11H,9-10,12H2,1-2H3. The number of nitrogens with zero attached hydrogens (tertiary/aromatic N) is 2. The molecule has 1 amide bonds. The van der Waals surface area contributed by atoms with Gasteiger partial charge in [0.2, 0.25) is 0 Å². The maximum Gasteiger partial charge on any atom is 0.252 e. The zero-order chi connectivity index (χ0) is 17.8. The van der Waals surface area contributed by atoms with Crippen molar-refractivity contribution in [3.63, 3.8) is 0 Å². The van der Waals surface area contributed by atoms with Gasteiger partial charge in [-0.2, -0.15) is 4.99 Å². The Morgan fingerprint density at radius 3 is 2.84 bits per heavy atom. The zero-order valence-electron chi connectivity index (χ0n) is 14.2. The van der Waals surface area contributed by atoms with Gasteiger partial charge in [-0.25, -0.2) is 4.39 Å². The van der Waals surface area contributed by atoms with Crippen molar-refractivity contribution >= 4 is 27.5 Å². The quantitative estimate of drug-likeness (QED) is 0.701. The summed E-state index contributed by atoms with van der Waals surface area (Å²) in [4.78, 5) is 17.1. The molecule has 0 aliphatic rings. The summed E-state index contributed by atoms with van der Waals surface area (Å²) in [6.45, 7) is 2.84. The van der Waals surface area contributed by atoms with Crippen LogP contribution in [0.3, 0.4) is 0 Å². The first-order valence-electron chi connectivity index (χ1n) is 7.98. The van der Waals surface area contributed by atoms with Crippen LogP contribution in [0.1, 0.15) is 11.1 Å². The summed E-state index contributed by atoms with van der Waals surface area (Å²) in [6, 6.07) is 12.7. The second kappa shape index (κ2) is 7.72. The van der Waals surface area contributed by atoms with Gasteiger partial charge in [0.25, 0.3) is 5.91 Å². The number of para-hydroxylation sites is 1. The lowest BCUT2D eigenvalue weighted by molar-refractivity contribution is -0.117. The third-order valence-electron chi connectivity index (χ3n) is 3.83. The minimum atomic E-state index is -0.322. The number of hydrogen-bond acceptors (Lipinski definition) is 3. The highest BCUT2D eigenvalue weighted by atomic mass is 32.1. The van der Waals surface area contributed by atoms with Crippen LogP contribution in [0.5, 0.6) is 0 Å². The molecule has 2 aromatic carbocycles. The lowest BCUT2D eigenvalue weighted by Crippen LogP contribution is -2.20. The van der Waals surface area contributed by atoms with Gasteiger partial charge in [0.1, 0.15) is 5.82 Å². The molecule has 0 N–H and O–H groups in total. The van der Waals surface area contributed by atoms with Gasteiger partial charge in [-0.3, -0.25) is 4.79 Å². The molecule has 0 atom stereocenters. The van der Waals surface area contributed by atoms with Crippen molar-refractivity contribution in [2.45, 2.75) is 19.9 Å². The van der Waals surface area contributed by atoms with E-state index in [0.717, 1.165) is 15.8 Å². The Labute approximate surface area is 149 Å². The zero-order valence-corrected chi connectivity index (χ0v) is 15.0. The Kier molecular flexibility index (Phi) is 5.40. The highest BCUT2D eigenvalue weighted by molar-refractivity contribution is 7.16. The number of ether oxygens (including phenoxy) is 1. The molecular formula is C19H19FN2O2S. The van der Waals surface area contributed by atoms with Crippen molar-refractivity contribution < 1.29 is 13.9 Å². The number of carbonyl (C=O) groups is 1. The van der Waals surface area contributed by atoms with E-state index in [1.54, 1.807) is 17.7 Å². The van der Waals surface area contributed by atoms with E-state index in [4.69, 9.17) is 4.74 Å². The van der Waals surface area contributed by atoms with Crippen LogP contribution >= 0.6 is 11.3 Å².